The fraction of sp³-hybridized carbons (Fsp3) is 1.00. The monoisotopic (exact) mass is 294 g/mol. The topological polar surface area (TPSA) is 15.3 Å². The number of nitrogens with zero attached hydrogens (tertiary/aromatic N) is 1. The molecule has 21 heavy (non-hydrogen) atoms. The zero-order chi connectivity index (χ0) is 15.4. The molecule has 6 atom stereocenters. The summed E-state index contributed by atoms with van der Waals surface area (Å²) in [6.07, 6.45) is 6.90. The zero-order valence-corrected chi connectivity index (χ0v) is 15.1. The lowest BCUT2D eigenvalue weighted by Gasteiger charge is -2.45. The summed E-state index contributed by atoms with van der Waals surface area (Å²) in [6, 6.07) is 1.53. The van der Waals surface area contributed by atoms with Crippen LogP contribution < -0.4 is 5.32 Å². The lowest BCUT2D eigenvalue weighted by molar-refractivity contribution is 0.0455. The molecule has 6 unspecified atom stereocenters. The lowest BCUT2D eigenvalue weighted by atomic mass is 9.77. The van der Waals surface area contributed by atoms with E-state index in [-0.39, 0.29) is 0 Å². The first kappa shape index (κ1) is 17.3. The van der Waals surface area contributed by atoms with Crippen LogP contribution in [-0.2, 0) is 0 Å². The molecule has 2 fully saturated rings. The van der Waals surface area contributed by atoms with Crippen LogP contribution in [-0.4, -0.2) is 36.6 Å². The quantitative estimate of drug-likeness (QED) is 0.819. The van der Waals surface area contributed by atoms with Gasteiger partial charge in [0, 0.05) is 25.2 Å². The molecular weight excluding hydrogens is 256 g/mol. The van der Waals surface area contributed by atoms with E-state index in [9.17, 15) is 0 Å². The Hall–Kier alpha value is -0.0800. The molecule has 0 radical (unpaired) electrons. The van der Waals surface area contributed by atoms with Crippen molar-refractivity contribution in [3.63, 3.8) is 0 Å². The Morgan fingerprint density at radius 2 is 1.76 bits per heavy atom. The van der Waals surface area contributed by atoms with Crippen molar-refractivity contribution in [3.8, 4) is 0 Å². The van der Waals surface area contributed by atoms with Crippen LogP contribution in [0.5, 0.6) is 0 Å². The molecule has 1 heterocycles. The first-order valence-electron chi connectivity index (χ1n) is 9.48. The fourth-order valence-corrected chi connectivity index (χ4v) is 4.67. The predicted molar refractivity (Wildman–Crippen MR) is 92.6 cm³/mol. The normalized spacial score (nSPS) is 42.1. The Kier molecular flexibility index (Phi) is 6.55. The average Bonchev–Trinajstić information content (AvgIpc) is 2.43. The van der Waals surface area contributed by atoms with Crippen molar-refractivity contribution in [2.45, 2.75) is 78.8 Å². The van der Waals surface area contributed by atoms with Crippen LogP contribution in [0.1, 0.15) is 66.7 Å². The van der Waals surface area contributed by atoms with Crippen LogP contribution in [0, 0.1) is 23.7 Å². The number of hydrogen-bond donors (Lipinski definition) is 1. The van der Waals surface area contributed by atoms with Gasteiger partial charge in [0.2, 0.25) is 0 Å². The first-order chi connectivity index (χ1) is 10.0. The summed E-state index contributed by atoms with van der Waals surface area (Å²) in [5, 5.41) is 3.84. The number of rotatable bonds is 5. The van der Waals surface area contributed by atoms with Gasteiger partial charge in [-0.2, -0.15) is 0 Å². The maximum absolute atomic E-state index is 3.84. The molecule has 2 heteroatoms. The molecule has 1 aliphatic carbocycles. The Bertz CT molecular complexity index is 302. The molecule has 1 N–H and O–H groups in total. The van der Waals surface area contributed by atoms with Gasteiger partial charge >= 0.3 is 0 Å². The van der Waals surface area contributed by atoms with Crippen LogP contribution in [0.15, 0.2) is 0 Å². The van der Waals surface area contributed by atoms with Gasteiger partial charge in [0.25, 0.3) is 0 Å². The maximum Gasteiger partial charge on any atom is 0.0108 e. The van der Waals surface area contributed by atoms with E-state index in [0.717, 1.165) is 35.8 Å². The van der Waals surface area contributed by atoms with E-state index >= 15 is 0 Å². The van der Waals surface area contributed by atoms with Gasteiger partial charge in [-0.15, -0.1) is 0 Å². The predicted octanol–water partition coefficient (Wildman–Crippen LogP) is 4.16. The van der Waals surface area contributed by atoms with E-state index in [2.05, 4.69) is 44.8 Å². The summed E-state index contributed by atoms with van der Waals surface area (Å²) in [5.41, 5.74) is 0. The Morgan fingerprint density at radius 1 is 1.00 bits per heavy atom. The van der Waals surface area contributed by atoms with Crippen molar-refractivity contribution in [3.05, 3.63) is 0 Å². The summed E-state index contributed by atoms with van der Waals surface area (Å²) < 4.78 is 0. The summed E-state index contributed by atoms with van der Waals surface area (Å²) in [7, 11) is 0. The second kappa shape index (κ2) is 7.97. The summed E-state index contributed by atoms with van der Waals surface area (Å²) in [6.45, 7) is 15.9. The number of piperidine rings is 1. The highest BCUT2D eigenvalue weighted by atomic mass is 15.2. The molecule has 1 aliphatic heterocycles. The Morgan fingerprint density at radius 3 is 2.48 bits per heavy atom. The van der Waals surface area contributed by atoms with Crippen LogP contribution in [0.25, 0.3) is 0 Å². The van der Waals surface area contributed by atoms with Crippen LogP contribution >= 0.6 is 0 Å². The van der Waals surface area contributed by atoms with Gasteiger partial charge in [0.05, 0.1) is 0 Å². The molecule has 0 spiro atoms. The minimum atomic E-state index is 0.765. The third-order valence-electron chi connectivity index (χ3n) is 6.09. The summed E-state index contributed by atoms with van der Waals surface area (Å²) in [4.78, 5) is 2.81. The first-order valence-corrected chi connectivity index (χ1v) is 9.48. The van der Waals surface area contributed by atoms with E-state index in [1.165, 1.54) is 51.7 Å². The maximum atomic E-state index is 3.84. The molecule has 0 amide bonds. The highest BCUT2D eigenvalue weighted by Crippen LogP contribution is 2.33. The molecule has 0 aromatic carbocycles. The van der Waals surface area contributed by atoms with E-state index in [1.807, 2.05) is 0 Å². The second-order valence-corrected chi connectivity index (χ2v) is 8.25. The van der Waals surface area contributed by atoms with Gasteiger partial charge in [0.1, 0.15) is 0 Å². The van der Waals surface area contributed by atoms with Gasteiger partial charge in [-0.3, -0.25) is 4.90 Å². The van der Waals surface area contributed by atoms with Crippen molar-refractivity contribution >= 4 is 0 Å². The minimum Gasteiger partial charge on any atom is -0.314 e. The highest BCUT2D eigenvalue weighted by Gasteiger charge is 2.34. The smallest absolute Gasteiger partial charge is 0.0108 e. The van der Waals surface area contributed by atoms with E-state index in [1.54, 1.807) is 0 Å². The second-order valence-electron chi connectivity index (χ2n) is 8.25. The fourth-order valence-electron chi connectivity index (χ4n) is 4.67. The molecule has 2 nitrogen and oxygen atoms in total. The molecule has 0 aromatic rings. The molecule has 2 rings (SSSR count). The molecule has 1 saturated heterocycles. The molecule has 1 saturated carbocycles. The minimum absolute atomic E-state index is 0.765. The van der Waals surface area contributed by atoms with Gasteiger partial charge in [-0.1, -0.05) is 27.7 Å². The van der Waals surface area contributed by atoms with Crippen molar-refractivity contribution < 1.29 is 0 Å². The van der Waals surface area contributed by atoms with Crippen molar-refractivity contribution in [1.82, 2.24) is 10.2 Å². The molecule has 0 aromatic heterocycles. The van der Waals surface area contributed by atoms with Crippen LogP contribution in [0.4, 0.5) is 0 Å². The highest BCUT2D eigenvalue weighted by molar-refractivity contribution is 4.89. The molecule has 0 bridgehead atoms. The van der Waals surface area contributed by atoms with Crippen LogP contribution in [0.2, 0.25) is 0 Å². The number of hydrogen-bond acceptors (Lipinski definition) is 2. The number of likely N-dealkylation sites (tertiary alicyclic amines) is 1. The summed E-state index contributed by atoms with van der Waals surface area (Å²) >= 11 is 0. The van der Waals surface area contributed by atoms with Crippen molar-refractivity contribution in [2.75, 3.05) is 19.6 Å². The van der Waals surface area contributed by atoms with Crippen LogP contribution in [0.3, 0.4) is 0 Å². The van der Waals surface area contributed by atoms with E-state index < -0.39 is 0 Å². The van der Waals surface area contributed by atoms with E-state index in [4.69, 9.17) is 0 Å². The van der Waals surface area contributed by atoms with Gasteiger partial charge in [-0.05, 0) is 69.2 Å². The van der Waals surface area contributed by atoms with Crippen molar-refractivity contribution in [2.24, 2.45) is 23.7 Å². The molecule has 124 valence electrons. The van der Waals surface area contributed by atoms with Gasteiger partial charge < -0.3 is 5.32 Å². The Labute approximate surface area is 133 Å². The van der Waals surface area contributed by atoms with Crippen molar-refractivity contribution in [1.29, 1.82) is 0 Å². The third-order valence-corrected chi connectivity index (χ3v) is 6.09. The largest absolute Gasteiger partial charge is 0.314 e. The third kappa shape index (κ3) is 4.69. The number of nitrogens with one attached hydrogen (secondary N) is 1. The van der Waals surface area contributed by atoms with Gasteiger partial charge in [0.15, 0.2) is 0 Å². The average molecular weight is 295 g/mol. The Balaban J connectivity index is 1.96. The molecular formula is C19H38N2. The van der Waals surface area contributed by atoms with Gasteiger partial charge in [-0.25, -0.2) is 0 Å². The molecule has 2 aliphatic rings. The zero-order valence-electron chi connectivity index (χ0n) is 15.1. The SMILES string of the molecule is CCCNC1CCC(C)CC1CN1CC(C)CC(C)C1C. The standard InChI is InChI=1S/C19H38N2/c1-6-9-20-19-8-7-14(2)11-18(19)13-21-12-15(3)10-16(4)17(21)5/h14-20H,6-13H2,1-5H3. The summed E-state index contributed by atoms with van der Waals surface area (Å²) in [5.74, 6) is 3.51. The van der Waals surface area contributed by atoms with E-state index in [0.29, 0.717) is 0 Å². The lowest BCUT2D eigenvalue weighted by Crippen LogP contribution is -2.52.